The van der Waals surface area contributed by atoms with Crippen LogP contribution in [-0.4, -0.2) is 35.0 Å². The van der Waals surface area contributed by atoms with Gasteiger partial charge in [0, 0.05) is 18.3 Å². The van der Waals surface area contributed by atoms with Crippen molar-refractivity contribution in [3.8, 4) is 11.5 Å². The Morgan fingerprint density at radius 1 is 1.00 bits per heavy atom. The van der Waals surface area contributed by atoms with Crippen molar-refractivity contribution in [2.45, 2.75) is 38.9 Å². The van der Waals surface area contributed by atoms with Crippen LogP contribution >= 0.6 is 0 Å². The van der Waals surface area contributed by atoms with Crippen molar-refractivity contribution in [1.29, 1.82) is 0 Å². The van der Waals surface area contributed by atoms with Gasteiger partial charge in [0.2, 0.25) is 12.7 Å². The van der Waals surface area contributed by atoms with Gasteiger partial charge in [0.05, 0.1) is 11.9 Å². The van der Waals surface area contributed by atoms with Crippen LogP contribution in [0.2, 0.25) is 0 Å². The fourth-order valence-corrected chi connectivity index (χ4v) is 3.79. The van der Waals surface area contributed by atoms with Gasteiger partial charge in [-0.05, 0) is 56.2 Å². The first-order chi connectivity index (χ1) is 17.2. The van der Waals surface area contributed by atoms with Crippen molar-refractivity contribution in [2.24, 2.45) is 0 Å². The number of nitrogens with zero attached hydrogens (tertiary/aromatic N) is 2. The Bertz CT molecular complexity index is 1240. The summed E-state index contributed by atoms with van der Waals surface area (Å²) < 4.78 is 10.7. The summed E-state index contributed by atoms with van der Waals surface area (Å²) in [5.41, 5.74) is 1.05. The molecule has 1 aliphatic heterocycles. The van der Waals surface area contributed by atoms with E-state index in [9.17, 15) is 14.4 Å². The number of nitrogens with one attached hydrogen (secondary N) is 2. The first-order valence-corrected chi connectivity index (χ1v) is 11.5. The second kappa shape index (κ2) is 10.5. The summed E-state index contributed by atoms with van der Waals surface area (Å²) in [7, 11) is 0. The molecule has 1 atom stereocenters. The molecule has 186 valence electrons. The van der Waals surface area contributed by atoms with Crippen LogP contribution in [0.25, 0.3) is 0 Å². The summed E-state index contributed by atoms with van der Waals surface area (Å²) in [5.74, 6) is -0.968. The van der Waals surface area contributed by atoms with E-state index in [-0.39, 0.29) is 13.3 Å². The summed E-state index contributed by atoms with van der Waals surface area (Å²) in [6, 6.07) is 16.3. The van der Waals surface area contributed by atoms with Gasteiger partial charge >= 0.3 is 11.8 Å². The maximum atomic E-state index is 13.6. The van der Waals surface area contributed by atoms with Crippen LogP contribution in [0.3, 0.4) is 0 Å². The van der Waals surface area contributed by atoms with E-state index in [1.807, 2.05) is 26.8 Å². The number of benzene rings is 2. The predicted molar refractivity (Wildman–Crippen MR) is 133 cm³/mol. The van der Waals surface area contributed by atoms with Gasteiger partial charge < -0.3 is 20.1 Å². The summed E-state index contributed by atoms with van der Waals surface area (Å²) in [4.78, 5) is 45.5. The van der Waals surface area contributed by atoms with Crippen LogP contribution in [0.4, 0.5) is 5.69 Å². The van der Waals surface area contributed by atoms with Crippen LogP contribution in [0.15, 0.2) is 73.1 Å². The van der Waals surface area contributed by atoms with Gasteiger partial charge in [-0.1, -0.05) is 36.4 Å². The zero-order valence-corrected chi connectivity index (χ0v) is 20.4. The number of hydrogen-bond donors (Lipinski definition) is 2. The average Bonchev–Trinajstić information content (AvgIpc) is 3.33. The van der Waals surface area contributed by atoms with Crippen molar-refractivity contribution in [2.75, 3.05) is 11.7 Å². The molecular formula is C27H28N4O5. The van der Waals surface area contributed by atoms with Crippen LogP contribution in [-0.2, 0) is 20.9 Å². The molecule has 36 heavy (non-hydrogen) atoms. The molecule has 0 radical (unpaired) electrons. The summed E-state index contributed by atoms with van der Waals surface area (Å²) in [6.45, 7) is 5.78. The van der Waals surface area contributed by atoms with E-state index < -0.39 is 29.3 Å². The zero-order valence-electron chi connectivity index (χ0n) is 20.4. The second-order valence-corrected chi connectivity index (χ2v) is 9.31. The minimum absolute atomic E-state index is 0.0896. The lowest BCUT2D eigenvalue weighted by Gasteiger charge is -2.33. The standard InChI is InChI=1S/C27H28N4O5/c1-27(2,3)30-24(32)23(19-8-5-4-6-9-19)31(20-10-7-13-28-16-20)26(34)25(33)29-15-18-11-12-21-22(14-18)36-17-35-21/h4-14,16,23H,15,17H2,1-3H3,(H,29,33)(H,30,32)/t23-/m1/s1. The molecular weight excluding hydrogens is 460 g/mol. The van der Waals surface area contributed by atoms with Crippen molar-refractivity contribution in [3.63, 3.8) is 0 Å². The zero-order chi connectivity index (χ0) is 25.7. The molecule has 3 aromatic rings. The Morgan fingerprint density at radius 3 is 2.44 bits per heavy atom. The molecule has 3 amide bonds. The molecule has 0 spiro atoms. The van der Waals surface area contributed by atoms with E-state index in [1.54, 1.807) is 60.8 Å². The fraction of sp³-hybridized carbons (Fsp3) is 0.259. The molecule has 2 N–H and O–H groups in total. The van der Waals surface area contributed by atoms with E-state index in [2.05, 4.69) is 15.6 Å². The number of fused-ring (bicyclic) bond motifs is 1. The third-order valence-corrected chi connectivity index (χ3v) is 5.35. The highest BCUT2D eigenvalue weighted by Crippen LogP contribution is 2.32. The van der Waals surface area contributed by atoms with Crippen molar-refractivity contribution >= 4 is 23.4 Å². The number of rotatable bonds is 6. The van der Waals surface area contributed by atoms with E-state index in [4.69, 9.17) is 9.47 Å². The van der Waals surface area contributed by atoms with E-state index in [1.165, 1.54) is 11.1 Å². The van der Waals surface area contributed by atoms with Crippen LogP contribution < -0.4 is 25.0 Å². The van der Waals surface area contributed by atoms with Crippen molar-refractivity contribution < 1.29 is 23.9 Å². The maximum absolute atomic E-state index is 13.6. The van der Waals surface area contributed by atoms with Gasteiger partial charge in [-0.3, -0.25) is 24.3 Å². The fourth-order valence-electron chi connectivity index (χ4n) is 3.79. The largest absolute Gasteiger partial charge is 0.454 e. The Morgan fingerprint density at radius 2 is 1.75 bits per heavy atom. The normalized spacial score (nSPS) is 13.0. The third kappa shape index (κ3) is 5.80. The molecule has 2 aromatic carbocycles. The summed E-state index contributed by atoms with van der Waals surface area (Å²) in [6.07, 6.45) is 3.00. The lowest BCUT2D eigenvalue weighted by atomic mass is 10.0. The van der Waals surface area contributed by atoms with Gasteiger partial charge in [0.15, 0.2) is 11.5 Å². The van der Waals surface area contributed by atoms with Gasteiger partial charge in [-0.15, -0.1) is 0 Å². The SMILES string of the molecule is CC(C)(C)NC(=O)[C@@H](c1ccccc1)N(C(=O)C(=O)NCc1ccc2c(c1)OCO2)c1cccnc1. The summed E-state index contributed by atoms with van der Waals surface area (Å²) in [5, 5.41) is 5.59. The van der Waals surface area contributed by atoms with Crippen molar-refractivity contribution in [1.82, 2.24) is 15.6 Å². The summed E-state index contributed by atoms with van der Waals surface area (Å²) >= 11 is 0. The Balaban J connectivity index is 1.63. The monoisotopic (exact) mass is 488 g/mol. The molecule has 0 aliphatic carbocycles. The number of hydrogen-bond acceptors (Lipinski definition) is 6. The molecule has 9 heteroatoms. The molecule has 1 aromatic heterocycles. The van der Waals surface area contributed by atoms with Crippen molar-refractivity contribution in [3.05, 3.63) is 84.2 Å². The molecule has 1 aliphatic rings. The predicted octanol–water partition coefficient (Wildman–Crippen LogP) is 3.12. The molecule has 2 heterocycles. The number of pyridine rings is 1. The van der Waals surface area contributed by atoms with E-state index >= 15 is 0 Å². The minimum atomic E-state index is -1.10. The smallest absolute Gasteiger partial charge is 0.317 e. The highest BCUT2D eigenvalue weighted by Gasteiger charge is 2.37. The topological polar surface area (TPSA) is 110 Å². The number of carbonyl (C=O) groups is 3. The third-order valence-electron chi connectivity index (χ3n) is 5.35. The first-order valence-electron chi connectivity index (χ1n) is 11.5. The number of ether oxygens (including phenoxy) is 2. The lowest BCUT2D eigenvalue weighted by Crippen LogP contribution is -2.52. The molecule has 0 saturated carbocycles. The molecule has 9 nitrogen and oxygen atoms in total. The molecule has 0 fully saturated rings. The number of aromatic nitrogens is 1. The maximum Gasteiger partial charge on any atom is 0.317 e. The molecule has 4 rings (SSSR count). The number of amides is 3. The number of carbonyl (C=O) groups excluding carboxylic acids is 3. The number of anilines is 1. The van der Waals surface area contributed by atoms with Gasteiger partial charge in [-0.25, -0.2) is 0 Å². The van der Waals surface area contributed by atoms with Gasteiger partial charge in [-0.2, -0.15) is 0 Å². The second-order valence-electron chi connectivity index (χ2n) is 9.31. The average molecular weight is 489 g/mol. The van der Waals surface area contributed by atoms with Gasteiger partial charge in [0.25, 0.3) is 0 Å². The first kappa shape index (κ1) is 24.7. The Labute approximate surface area is 209 Å². The highest BCUT2D eigenvalue weighted by molar-refractivity contribution is 6.41. The highest BCUT2D eigenvalue weighted by atomic mass is 16.7. The van der Waals surface area contributed by atoms with Crippen LogP contribution in [0.1, 0.15) is 37.9 Å². The van der Waals surface area contributed by atoms with Crippen LogP contribution in [0.5, 0.6) is 11.5 Å². The quantitative estimate of drug-likeness (QED) is 0.516. The van der Waals surface area contributed by atoms with Crippen LogP contribution in [0, 0.1) is 0 Å². The van der Waals surface area contributed by atoms with E-state index in [0.29, 0.717) is 22.7 Å². The van der Waals surface area contributed by atoms with Gasteiger partial charge in [0.1, 0.15) is 6.04 Å². The minimum Gasteiger partial charge on any atom is -0.454 e. The van der Waals surface area contributed by atoms with E-state index in [0.717, 1.165) is 5.56 Å². The Hall–Kier alpha value is -4.40. The molecule has 0 saturated heterocycles. The Kier molecular flexibility index (Phi) is 7.19. The lowest BCUT2D eigenvalue weighted by molar-refractivity contribution is -0.138. The molecule has 0 unspecified atom stereocenters. The molecule has 0 bridgehead atoms.